The quantitative estimate of drug-likeness (QED) is 0.236. The topological polar surface area (TPSA) is 144 Å². The summed E-state index contributed by atoms with van der Waals surface area (Å²) in [4.78, 5) is 17.7. The van der Waals surface area contributed by atoms with Crippen LogP contribution in [0.15, 0.2) is 59.5 Å². The van der Waals surface area contributed by atoms with Crippen LogP contribution in [0, 0.1) is 0 Å². The molecular formula is C27H23ClF2N6O5S. The molecule has 0 spiro atoms. The van der Waals surface area contributed by atoms with Gasteiger partial charge in [-0.25, -0.2) is 42.3 Å². The molecule has 42 heavy (non-hydrogen) atoms. The zero-order chi connectivity index (χ0) is 30.2. The molecule has 0 atom stereocenters. The van der Waals surface area contributed by atoms with Crippen molar-refractivity contribution in [3.05, 3.63) is 65.3 Å². The molecule has 0 unspecified atom stereocenters. The van der Waals surface area contributed by atoms with Crippen LogP contribution >= 0.6 is 11.6 Å². The van der Waals surface area contributed by atoms with Crippen LogP contribution in [0.3, 0.4) is 0 Å². The van der Waals surface area contributed by atoms with Crippen LogP contribution in [0.25, 0.3) is 39.8 Å². The third-order valence-electron chi connectivity index (χ3n) is 6.14. The van der Waals surface area contributed by atoms with E-state index in [1.165, 1.54) is 14.2 Å². The number of sulfonamides is 1. The smallest absolute Gasteiger partial charge is 0.263 e. The fourth-order valence-electron chi connectivity index (χ4n) is 4.36. The summed E-state index contributed by atoms with van der Waals surface area (Å²) < 4.78 is 70.6. The van der Waals surface area contributed by atoms with Gasteiger partial charge in [-0.05, 0) is 37.3 Å². The highest BCUT2D eigenvalue weighted by Crippen LogP contribution is 2.40. The number of pyridine rings is 1. The van der Waals surface area contributed by atoms with Crippen molar-refractivity contribution in [2.24, 2.45) is 5.14 Å². The van der Waals surface area contributed by atoms with Crippen LogP contribution < -0.4 is 19.3 Å². The number of benzene rings is 2. The highest BCUT2D eigenvalue weighted by Gasteiger charge is 2.27. The van der Waals surface area contributed by atoms with Gasteiger partial charge >= 0.3 is 0 Å². The molecule has 5 rings (SSSR count). The average molecular weight is 617 g/mol. The number of para-hydroxylation sites is 1. The molecule has 5 aromatic rings. The first-order valence-electron chi connectivity index (χ1n) is 12.3. The second kappa shape index (κ2) is 11.5. The number of hydrogen-bond donors (Lipinski definition) is 1. The van der Waals surface area contributed by atoms with E-state index in [0.29, 0.717) is 35.4 Å². The summed E-state index contributed by atoms with van der Waals surface area (Å²) >= 11 is 6.50. The minimum Gasteiger partial charge on any atom is -0.494 e. The van der Waals surface area contributed by atoms with E-state index in [4.69, 9.17) is 31.0 Å². The third-order valence-corrected chi connectivity index (χ3v) is 7.37. The number of imidazole rings is 1. The Morgan fingerprint density at radius 2 is 1.67 bits per heavy atom. The molecule has 0 bridgehead atoms. The van der Waals surface area contributed by atoms with E-state index >= 15 is 0 Å². The minimum atomic E-state index is -4.38. The lowest BCUT2D eigenvalue weighted by Gasteiger charge is -2.17. The number of hydrogen-bond acceptors (Lipinski definition) is 9. The van der Waals surface area contributed by atoms with Crippen LogP contribution in [-0.4, -0.2) is 53.7 Å². The molecule has 0 aliphatic carbocycles. The Hall–Kier alpha value is -4.40. The van der Waals surface area contributed by atoms with Crippen molar-refractivity contribution in [3.63, 3.8) is 0 Å². The third kappa shape index (κ3) is 5.31. The molecule has 2 aromatic carbocycles. The summed E-state index contributed by atoms with van der Waals surface area (Å²) in [7, 11) is -1.45. The van der Waals surface area contributed by atoms with Crippen molar-refractivity contribution < 1.29 is 31.4 Å². The molecule has 0 radical (unpaired) electrons. The molecule has 2 N–H and O–H groups in total. The van der Waals surface area contributed by atoms with Crippen molar-refractivity contribution in [3.8, 4) is 45.8 Å². The highest BCUT2D eigenvalue weighted by molar-refractivity contribution is 7.89. The predicted molar refractivity (Wildman–Crippen MR) is 151 cm³/mol. The van der Waals surface area contributed by atoms with Gasteiger partial charge in [-0.15, -0.1) is 0 Å². The molecule has 3 aromatic heterocycles. The molecule has 11 nitrogen and oxygen atoms in total. The number of rotatable bonds is 9. The minimum absolute atomic E-state index is 0.0393. The Morgan fingerprint density at radius 1 is 0.976 bits per heavy atom. The van der Waals surface area contributed by atoms with Crippen molar-refractivity contribution in [2.75, 3.05) is 20.8 Å². The van der Waals surface area contributed by atoms with E-state index in [0.717, 1.165) is 18.2 Å². The Balaban J connectivity index is 1.91. The molecule has 0 saturated heterocycles. The summed E-state index contributed by atoms with van der Waals surface area (Å²) in [5.74, 6) is 1.29. The van der Waals surface area contributed by atoms with Crippen LogP contribution in [0.5, 0.6) is 17.4 Å². The number of halogens is 3. The number of methoxy groups -OCH3 is 2. The van der Waals surface area contributed by atoms with E-state index in [2.05, 4.69) is 19.9 Å². The molecule has 0 aliphatic heterocycles. The average Bonchev–Trinajstić information content (AvgIpc) is 3.33. The highest BCUT2D eigenvalue weighted by atomic mass is 35.5. The van der Waals surface area contributed by atoms with Gasteiger partial charge in [-0.2, -0.15) is 0 Å². The summed E-state index contributed by atoms with van der Waals surface area (Å²) in [6, 6.07) is 13.1. The molecule has 0 amide bonds. The Morgan fingerprint density at radius 3 is 2.29 bits per heavy atom. The maximum Gasteiger partial charge on any atom is 0.263 e. The number of nitrogens with two attached hydrogens (primary N) is 1. The standard InChI is InChI=1S/C27H23ClF2N6O5S/c1-4-41-20-10-5-7-16(32-20)26-35-25-27(36(26)22-17(39-2)8-6-9-18(22)40-3)33-21(23(28)34-25)15-13-14(24(29)30)11-12-19(15)42(31,37)38/h5-13,24H,4H2,1-3H3,(H2,31,37,38). The van der Waals surface area contributed by atoms with E-state index in [1.807, 2.05) is 6.92 Å². The number of primary sulfonamides is 1. The molecule has 15 heteroatoms. The molecule has 0 saturated carbocycles. The normalized spacial score (nSPS) is 11.7. The maximum atomic E-state index is 13.7. The van der Waals surface area contributed by atoms with Gasteiger partial charge in [-0.1, -0.05) is 29.8 Å². The fraction of sp³-hybridized carbons (Fsp3) is 0.185. The van der Waals surface area contributed by atoms with Crippen LogP contribution in [0.4, 0.5) is 8.78 Å². The van der Waals surface area contributed by atoms with Gasteiger partial charge in [0.05, 0.1) is 25.7 Å². The van der Waals surface area contributed by atoms with Gasteiger partial charge in [-0.3, -0.25) is 4.57 Å². The zero-order valence-corrected chi connectivity index (χ0v) is 23.9. The lowest BCUT2D eigenvalue weighted by atomic mass is 10.1. The molecule has 218 valence electrons. The second-order valence-electron chi connectivity index (χ2n) is 8.69. The number of aromatic nitrogens is 5. The van der Waals surface area contributed by atoms with E-state index in [9.17, 15) is 17.2 Å². The van der Waals surface area contributed by atoms with Gasteiger partial charge in [0.2, 0.25) is 15.9 Å². The molecule has 0 fully saturated rings. The first-order chi connectivity index (χ1) is 20.1. The van der Waals surface area contributed by atoms with Crippen molar-refractivity contribution in [1.82, 2.24) is 24.5 Å². The van der Waals surface area contributed by atoms with E-state index in [-0.39, 0.29) is 33.5 Å². The summed E-state index contributed by atoms with van der Waals surface area (Å²) in [6.45, 7) is 2.19. The van der Waals surface area contributed by atoms with Gasteiger partial charge in [0.15, 0.2) is 22.3 Å². The Labute approximate surface area is 243 Å². The van der Waals surface area contributed by atoms with Gasteiger partial charge in [0.25, 0.3) is 6.43 Å². The van der Waals surface area contributed by atoms with Gasteiger partial charge in [0.1, 0.15) is 28.6 Å². The molecule has 0 aliphatic rings. The number of alkyl halides is 2. The van der Waals surface area contributed by atoms with Crippen LogP contribution in [0.1, 0.15) is 18.9 Å². The van der Waals surface area contributed by atoms with Crippen molar-refractivity contribution in [2.45, 2.75) is 18.2 Å². The van der Waals surface area contributed by atoms with Crippen LogP contribution in [0.2, 0.25) is 5.15 Å². The Bertz CT molecular complexity index is 1900. The first-order valence-corrected chi connectivity index (χ1v) is 14.2. The van der Waals surface area contributed by atoms with Crippen molar-refractivity contribution >= 4 is 32.9 Å². The van der Waals surface area contributed by atoms with Gasteiger partial charge < -0.3 is 14.2 Å². The number of fused-ring (bicyclic) bond motifs is 1. The lowest BCUT2D eigenvalue weighted by molar-refractivity contribution is 0.151. The largest absolute Gasteiger partial charge is 0.494 e. The lowest BCUT2D eigenvalue weighted by Crippen LogP contribution is -2.14. The fourth-order valence-corrected chi connectivity index (χ4v) is 5.31. The summed E-state index contributed by atoms with van der Waals surface area (Å²) in [6.07, 6.45) is -2.91. The number of nitrogens with zero attached hydrogens (tertiary/aromatic N) is 5. The SMILES string of the molecule is CCOc1cccc(-c2nc3nc(Cl)c(-c4cc(C(F)F)ccc4S(N)(=O)=O)nc3n2-c2c(OC)cccc2OC)n1. The molecular weight excluding hydrogens is 594 g/mol. The van der Waals surface area contributed by atoms with Gasteiger partial charge in [0, 0.05) is 17.2 Å². The zero-order valence-electron chi connectivity index (χ0n) is 22.4. The van der Waals surface area contributed by atoms with Crippen LogP contribution in [-0.2, 0) is 10.0 Å². The Kier molecular flexibility index (Phi) is 7.95. The van der Waals surface area contributed by atoms with E-state index in [1.54, 1.807) is 41.0 Å². The summed E-state index contributed by atoms with van der Waals surface area (Å²) in [5, 5.41) is 5.13. The van der Waals surface area contributed by atoms with E-state index < -0.39 is 26.9 Å². The monoisotopic (exact) mass is 616 g/mol. The second-order valence-corrected chi connectivity index (χ2v) is 10.6. The molecule has 3 heterocycles. The first kappa shape index (κ1) is 29.1. The van der Waals surface area contributed by atoms with Crippen molar-refractivity contribution in [1.29, 1.82) is 0 Å². The number of ether oxygens (including phenoxy) is 3. The predicted octanol–water partition coefficient (Wildman–Crippen LogP) is 5.20. The summed E-state index contributed by atoms with van der Waals surface area (Å²) in [5.41, 5.74) is -0.111. The maximum absolute atomic E-state index is 13.7.